The molecule has 0 aliphatic heterocycles. The van der Waals surface area contributed by atoms with Crippen LogP contribution in [0.2, 0.25) is 0 Å². The summed E-state index contributed by atoms with van der Waals surface area (Å²) in [4.78, 5) is 4.35. The Balaban J connectivity index is 2.21. The monoisotopic (exact) mass is 212 g/mol. The van der Waals surface area contributed by atoms with Crippen molar-refractivity contribution >= 4 is 0 Å². The Labute approximate surface area is 96.4 Å². The number of benzene rings is 1. The Morgan fingerprint density at radius 2 is 1.75 bits per heavy atom. The smallest absolute Gasteiger partial charge is 0.0447 e. The molecule has 0 atom stereocenters. The van der Waals surface area contributed by atoms with Crippen LogP contribution in [-0.4, -0.2) is 12.0 Å². The van der Waals surface area contributed by atoms with Gasteiger partial charge in [0.25, 0.3) is 0 Å². The van der Waals surface area contributed by atoms with E-state index < -0.39 is 0 Å². The summed E-state index contributed by atoms with van der Waals surface area (Å²) in [6.45, 7) is 0.906. The molecule has 2 aromatic rings. The average molecular weight is 212 g/mol. The van der Waals surface area contributed by atoms with Gasteiger partial charge in [-0.2, -0.15) is 0 Å². The van der Waals surface area contributed by atoms with Crippen molar-refractivity contribution in [1.82, 2.24) is 10.3 Å². The van der Waals surface area contributed by atoms with Gasteiger partial charge in [-0.25, -0.2) is 0 Å². The maximum atomic E-state index is 4.35. The van der Waals surface area contributed by atoms with Crippen molar-refractivity contribution in [2.24, 2.45) is 0 Å². The summed E-state index contributed by atoms with van der Waals surface area (Å²) >= 11 is 0. The topological polar surface area (TPSA) is 24.9 Å². The van der Waals surface area contributed by atoms with Gasteiger partial charge in [-0.1, -0.05) is 30.3 Å². The van der Waals surface area contributed by atoms with Crippen LogP contribution in [-0.2, 0) is 13.0 Å². The van der Waals surface area contributed by atoms with Crippen molar-refractivity contribution in [3.63, 3.8) is 0 Å². The first-order valence-electron chi connectivity index (χ1n) is 5.51. The van der Waals surface area contributed by atoms with Crippen molar-refractivity contribution in [1.29, 1.82) is 0 Å². The van der Waals surface area contributed by atoms with Gasteiger partial charge in [0.15, 0.2) is 0 Å². The van der Waals surface area contributed by atoms with Crippen molar-refractivity contribution in [3.8, 4) is 0 Å². The molecular formula is C14H16N2. The fourth-order valence-corrected chi connectivity index (χ4v) is 1.79. The van der Waals surface area contributed by atoms with Crippen LogP contribution in [0.1, 0.15) is 16.8 Å². The van der Waals surface area contributed by atoms with Gasteiger partial charge in [0.05, 0.1) is 0 Å². The molecule has 1 N–H and O–H groups in total. The summed E-state index contributed by atoms with van der Waals surface area (Å²) < 4.78 is 0. The van der Waals surface area contributed by atoms with Gasteiger partial charge in [0.1, 0.15) is 0 Å². The predicted molar refractivity (Wildman–Crippen MR) is 66.2 cm³/mol. The van der Waals surface area contributed by atoms with E-state index in [2.05, 4.69) is 40.6 Å². The minimum Gasteiger partial charge on any atom is -0.316 e. The predicted octanol–water partition coefficient (Wildman–Crippen LogP) is 2.39. The molecule has 0 saturated heterocycles. The first kappa shape index (κ1) is 10.8. The first-order valence-corrected chi connectivity index (χ1v) is 5.51. The van der Waals surface area contributed by atoms with Crippen LogP contribution in [0.3, 0.4) is 0 Å². The van der Waals surface area contributed by atoms with E-state index in [-0.39, 0.29) is 0 Å². The normalized spacial score (nSPS) is 10.3. The second-order valence-electron chi connectivity index (χ2n) is 3.80. The van der Waals surface area contributed by atoms with E-state index >= 15 is 0 Å². The van der Waals surface area contributed by atoms with Crippen molar-refractivity contribution in [2.45, 2.75) is 13.0 Å². The third kappa shape index (κ3) is 2.67. The molecule has 2 heteroatoms. The molecule has 2 rings (SSSR count). The van der Waals surface area contributed by atoms with Gasteiger partial charge < -0.3 is 5.32 Å². The number of aromatic nitrogens is 1. The molecule has 0 fully saturated rings. The Bertz CT molecular complexity index is 437. The van der Waals surface area contributed by atoms with Crippen LogP contribution in [0, 0.1) is 0 Å². The number of pyridine rings is 1. The van der Waals surface area contributed by atoms with Crippen molar-refractivity contribution in [3.05, 3.63) is 65.5 Å². The number of nitrogens with zero attached hydrogens (tertiary/aromatic N) is 1. The standard InChI is InChI=1S/C14H16N2/c1-15-11-13-7-3-2-6-12(13)10-14-8-4-5-9-16-14/h2-9,15H,10-11H2,1H3. The van der Waals surface area contributed by atoms with E-state index in [1.807, 2.05) is 25.4 Å². The third-order valence-electron chi connectivity index (χ3n) is 2.58. The highest BCUT2D eigenvalue weighted by Gasteiger charge is 2.02. The van der Waals surface area contributed by atoms with Gasteiger partial charge >= 0.3 is 0 Å². The third-order valence-corrected chi connectivity index (χ3v) is 2.58. The second-order valence-corrected chi connectivity index (χ2v) is 3.80. The van der Waals surface area contributed by atoms with Gasteiger partial charge in [-0.15, -0.1) is 0 Å². The van der Waals surface area contributed by atoms with Gasteiger partial charge in [0, 0.05) is 24.9 Å². The highest BCUT2D eigenvalue weighted by molar-refractivity contribution is 5.30. The van der Waals surface area contributed by atoms with E-state index in [1.54, 1.807) is 0 Å². The van der Waals surface area contributed by atoms with Crippen molar-refractivity contribution in [2.75, 3.05) is 7.05 Å². The fourth-order valence-electron chi connectivity index (χ4n) is 1.79. The minimum absolute atomic E-state index is 0.901. The largest absolute Gasteiger partial charge is 0.316 e. The lowest BCUT2D eigenvalue weighted by Gasteiger charge is -2.08. The number of nitrogens with one attached hydrogen (secondary N) is 1. The zero-order valence-corrected chi connectivity index (χ0v) is 9.48. The van der Waals surface area contributed by atoms with Gasteiger partial charge in [0.2, 0.25) is 0 Å². The summed E-state index contributed by atoms with van der Waals surface area (Å²) in [6.07, 6.45) is 2.74. The summed E-state index contributed by atoms with van der Waals surface area (Å²) in [5, 5.41) is 3.19. The van der Waals surface area contributed by atoms with Gasteiger partial charge in [-0.05, 0) is 30.3 Å². The second kappa shape index (κ2) is 5.42. The molecule has 0 amide bonds. The summed E-state index contributed by atoms with van der Waals surface area (Å²) in [5.74, 6) is 0. The lowest BCUT2D eigenvalue weighted by atomic mass is 10.0. The van der Waals surface area contributed by atoms with Crippen LogP contribution >= 0.6 is 0 Å². The first-order chi connectivity index (χ1) is 7.90. The van der Waals surface area contributed by atoms with E-state index in [0.717, 1.165) is 18.7 Å². The quantitative estimate of drug-likeness (QED) is 0.841. The van der Waals surface area contributed by atoms with E-state index in [0.29, 0.717) is 0 Å². The molecule has 1 aromatic heterocycles. The molecule has 0 radical (unpaired) electrons. The zero-order chi connectivity index (χ0) is 11.2. The van der Waals surface area contributed by atoms with E-state index in [9.17, 15) is 0 Å². The Morgan fingerprint density at radius 3 is 2.44 bits per heavy atom. The summed E-state index contributed by atoms with van der Waals surface area (Å²) in [6, 6.07) is 14.5. The minimum atomic E-state index is 0.901. The van der Waals surface area contributed by atoms with Crippen molar-refractivity contribution < 1.29 is 0 Å². The molecule has 2 nitrogen and oxygen atoms in total. The average Bonchev–Trinajstić information content (AvgIpc) is 2.33. The lowest BCUT2D eigenvalue weighted by molar-refractivity contribution is 0.806. The molecule has 1 heterocycles. The summed E-state index contributed by atoms with van der Waals surface area (Å²) in [5.41, 5.74) is 3.80. The molecule has 82 valence electrons. The highest BCUT2D eigenvalue weighted by Crippen LogP contribution is 2.12. The number of hydrogen-bond donors (Lipinski definition) is 1. The highest BCUT2D eigenvalue weighted by atomic mass is 14.8. The lowest BCUT2D eigenvalue weighted by Crippen LogP contribution is -2.08. The molecule has 0 aliphatic rings. The molecule has 1 aromatic carbocycles. The van der Waals surface area contributed by atoms with E-state index in [4.69, 9.17) is 0 Å². The van der Waals surface area contributed by atoms with Crippen LogP contribution < -0.4 is 5.32 Å². The number of rotatable bonds is 4. The molecule has 0 aliphatic carbocycles. The molecule has 0 unspecified atom stereocenters. The Kier molecular flexibility index (Phi) is 3.67. The zero-order valence-electron chi connectivity index (χ0n) is 9.48. The van der Waals surface area contributed by atoms with Crippen LogP contribution in [0.15, 0.2) is 48.7 Å². The van der Waals surface area contributed by atoms with E-state index in [1.165, 1.54) is 11.1 Å². The Hall–Kier alpha value is -1.67. The van der Waals surface area contributed by atoms with Gasteiger partial charge in [-0.3, -0.25) is 4.98 Å². The molecule has 0 saturated carbocycles. The Morgan fingerprint density at radius 1 is 1.00 bits per heavy atom. The molecular weight excluding hydrogens is 196 g/mol. The molecule has 0 spiro atoms. The SMILES string of the molecule is CNCc1ccccc1Cc1ccccn1. The van der Waals surface area contributed by atoms with Crippen LogP contribution in [0.5, 0.6) is 0 Å². The molecule has 16 heavy (non-hydrogen) atoms. The fraction of sp³-hybridized carbons (Fsp3) is 0.214. The van der Waals surface area contributed by atoms with Crippen LogP contribution in [0.4, 0.5) is 0 Å². The maximum absolute atomic E-state index is 4.35. The van der Waals surface area contributed by atoms with Crippen LogP contribution in [0.25, 0.3) is 0 Å². The number of hydrogen-bond acceptors (Lipinski definition) is 2. The molecule has 0 bridgehead atoms. The maximum Gasteiger partial charge on any atom is 0.0447 e. The summed E-state index contributed by atoms with van der Waals surface area (Å²) in [7, 11) is 1.97.